The van der Waals surface area contributed by atoms with E-state index in [-0.39, 0.29) is 6.10 Å². The van der Waals surface area contributed by atoms with E-state index in [2.05, 4.69) is 6.92 Å². The van der Waals surface area contributed by atoms with Gasteiger partial charge in [-0.3, -0.25) is 0 Å². The molecule has 2 N–H and O–H groups in total. The average Bonchev–Trinajstić information content (AvgIpc) is 2.91. The van der Waals surface area contributed by atoms with Gasteiger partial charge in [-0.2, -0.15) is 0 Å². The standard InChI is InChI=1S/C21H35FO2/c1-13(23)18-5-6-19-17-4-3-14-11-21(24,12-22)10-8-15(14)16(17)7-9-20(18,19)2/h13-19,23-24H,3-12H2,1-2H3/t13?,14-,15-,16+,17+,18?,19-,20+,21+/m0/s1. The largest absolute Gasteiger partial charge is 0.393 e. The lowest BCUT2D eigenvalue weighted by Crippen LogP contribution is -2.52. The molecule has 2 unspecified atom stereocenters. The number of rotatable bonds is 2. The summed E-state index contributed by atoms with van der Waals surface area (Å²) in [5.41, 5.74) is -0.696. The summed E-state index contributed by atoms with van der Waals surface area (Å²) in [6, 6.07) is 0. The van der Waals surface area contributed by atoms with Gasteiger partial charge in [-0.15, -0.1) is 0 Å². The highest BCUT2D eigenvalue weighted by molar-refractivity contribution is 5.07. The molecule has 0 saturated heterocycles. The lowest BCUT2D eigenvalue weighted by atomic mass is 9.49. The van der Waals surface area contributed by atoms with Crippen molar-refractivity contribution in [2.75, 3.05) is 6.67 Å². The maximum atomic E-state index is 13.2. The van der Waals surface area contributed by atoms with Crippen LogP contribution in [0.15, 0.2) is 0 Å². The zero-order valence-electron chi connectivity index (χ0n) is 15.4. The minimum atomic E-state index is -1.03. The minimum absolute atomic E-state index is 0.179. The van der Waals surface area contributed by atoms with Crippen LogP contribution in [0, 0.1) is 40.9 Å². The van der Waals surface area contributed by atoms with Gasteiger partial charge in [-0.05, 0) is 106 Å². The fourth-order valence-corrected chi connectivity index (χ4v) is 7.92. The molecule has 138 valence electrons. The molecule has 4 saturated carbocycles. The monoisotopic (exact) mass is 338 g/mol. The predicted octanol–water partition coefficient (Wildman–Crippen LogP) is 4.34. The first-order chi connectivity index (χ1) is 11.4. The summed E-state index contributed by atoms with van der Waals surface area (Å²) in [4.78, 5) is 0. The Hall–Kier alpha value is -0.150. The van der Waals surface area contributed by atoms with Gasteiger partial charge < -0.3 is 10.2 Å². The van der Waals surface area contributed by atoms with Crippen molar-refractivity contribution < 1.29 is 14.6 Å². The summed E-state index contributed by atoms with van der Waals surface area (Å²) in [5.74, 6) is 4.11. The molecule has 0 spiro atoms. The molecule has 4 fully saturated rings. The Balaban J connectivity index is 1.53. The Kier molecular flexibility index (Phi) is 4.28. The van der Waals surface area contributed by atoms with Crippen LogP contribution in [0.2, 0.25) is 0 Å². The Labute approximate surface area is 146 Å². The Morgan fingerprint density at radius 2 is 1.75 bits per heavy atom. The SMILES string of the molecule is CC(O)C1CC[C@H]2[C@@H]3CC[C@H]4C[C@@](O)(CF)CC[C@@H]4[C@H]3CC[C@]12C. The fraction of sp³-hybridized carbons (Fsp3) is 1.00. The van der Waals surface area contributed by atoms with Crippen molar-refractivity contribution in [3.8, 4) is 0 Å². The Morgan fingerprint density at radius 3 is 2.46 bits per heavy atom. The first-order valence-electron chi connectivity index (χ1n) is 10.3. The molecule has 9 atom stereocenters. The van der Waals surface area contributed by atoms with Crippen LogP contribution in [0.5, 0.6) is 0 Å². The zero-order valence-corrected chi connectivity index (χ0v) is 15.4. The molecule has 4 aliphatic rings. The number of fused-ring (bicyclic) bond motifs is 5. The summed E-state index contributed by atoms with van der Waals surface area (Å²) in [6.07, 6.45) is 9.66. The van der Waals surface area contributed by atoms with Crippen LogP contribution < -0.4 is 0 Å². The first-order valence-corrected chi connectivity index (χ1v) is 10.3. The molecule has 0 aromatic heterocycles. The molecule has 0 aromatic rings. The van der Waals surface area contributed by atoms with Gasteiger partial charge >= 0.3 is 0 Å². The third-order valence-corrected chi connectivity index (χ3v) is 9.01. The maximum Gasteiger partial charge on any atom is 0.118 e. The molecule has 2 nitrogen and oxygen atoms in total. The molecule has 0 radical (unpaired) electrons. The number of aliphatic hydroxyl groups is 2. The van der Waals surface area contributed by atoms with Crippen molar-refractivity contribution >= 4 is 0 Å². The van der Waals surface area contributed by atoms with Gasteiger partial charge in [-0.25, -0.2) is 4.39 Å². The molecule has 4 rings (SSSR count). The smallest absolute Gasteiger partial charge is 0.118 e. The van der Waals surface area contributed by atoms with E-state index in [4.69, 9.17) is 0 Å². The van der Waals surface area contributed by atoms with Crippen molar-refractivity contribution in [1.82, 2.24) is 0 Å². The van der Waals surface area contributed by atoms with Gasteiger partial charge in [0.15, 0.2) is 0 Å². The third kappa shape index (κ3) is 2.48. The third-order valence-electron chi connectivity index (χ3n) is 9.01. The highest BCUT2D eigenvalue weighted by Gasteiger charge is 2.58. The van der Waals surface area contributed by atoms with Crippen LogP contribution in [0.1, 0.15) is 71.6 Å². The second kappa shape index (κ2) is 5.94. The quantitative estimate of drug-likeness (QED) is 0.786. The summed E-state index contributed by atoms with van der Waals surface area (Å²) in [6.45, 7) is 3.87. The van der Waals surface area contributed by atoms with Crippen LogP contribution in [0.3, 0.4) is 0 Å². The van der Waals surface area contributed by atoms with Crippen LogP contribution in [0.4, 0.5) is 4.39 Å². The lowest BCUT2D eigenvalue weighted by Gasteiger charge is -2.57. The van der Waals surface area contributed by atoms with Crippen molar-refractivity contribution in [2.24, 2.45) is 40.9 Å². The molecule has 0 bridgehead atoms. The van der Waals surface area contributed by atoms with Crippen molar-refractivity contribution in [3.63, 3.8) is 0 Å². The second-order valence-corrected chi connectivity index (χ2v) is 10.0. The fourth-order valence-electron chi connectivity index (χ4n) is 7.92. The van der Waals surface area contributed by atoms with Crippen molar-refractivity contribution in [1.29, 1.82) is 0 Å². The average molecular weight is 339 g/mol. The maximum absolute atomic E-state index is 13.2. The van der Waals surface area contributed by atoms with Crippen LogP contribution in [-0.2, 0) is 0 Å². The van der Waals surface area contributed by atoms with E-state index >= 15 is 0 Å². The highest BCUT2D eigenvalue weighted by atomic mass is 19.1. The molecule has 0 aromatic carbocycles. The van der Waals surface area contributed by atoms with E-state index in [1.807, 2.05) is 6.92 Å². The van der Waals surface area contributed by atoms with E-state index in [0.29, 0.717) is 36.0 Å². The van der Waals surface area contributed by atoms with Gasteiger partial charge in [-0.1, -0.05) is 6.92 Å². The van der Waals surface area contributed by atoms with Crippen LogP contribution >= 0.6 is 0 Å². The van der Waals surface area contributed by atoms with Gasteiger partial charge in [0.05, 0.1) is 11.7 Å². The number of aliphatic hydroxyl groups excluding tert-OH is 1. The summed E-state index contributed by atoms with van der Waals surface area (Å²) >= 11 is 0. The Bertz CT molecular complexity index is 480. The van der Waals surface area contributed by atoms with Gasteiger partial charge in [0.2, 0.25) is 0 Å². The summed E-state index contributed by atoms with van der Waals surface area (Å²) in [7, 11) is 0. The Morgan fingerprint density at radius 1 is 1.00 bits per heavy atom. The number of alkyl halides is 1. The molecule has 4 aliphatic carbocycles. The molecule has 3 heteroatoms. The van der Waals surface area contributed by atoms with Crippen molar-refractivity contribution in [2.45, 2.75) is 83.3 Å². The molecule has 0 amide bonds. The predicted molar refractivity (Wildman–Crippen MR) is 93.2 cm³/mol. The summed E-state index contributed by atoms with van der Waals surface area (Å²) < 4.78 is 13.2. The van der Waals surface area contributed by atoms with Crippen molar-refractivity contribution in [3.05, 3.63) is 0 Å². The molecule has 24 heavy (non-hydrogen) atoms. The van der Waals surface area contributed by atoms with E-state index in [1.165, 1.54) is 38.5 Å². The second-order valence-electron chi connectivity index (χ2n) is 10.0. The molecule has 0 heterocycles. The van der Waals surface area contributed by atoms with Crippen LogP contribution in [0.25, 0.3) is 0 Å². The van der Waals surface area contributed by atoms with Gasteiger partial charge in [0.1, 0.15) is 6.67 Å². The van der Waals surface area contributed by atoms with Crippen LogP contribution in [-0.4, -0.2) is 28.6 Å². The molecular formula is C21H35FO2. The number of hydrogen-bond acceptors (Lipinski definition) is 2. The highest BCUT2D eigenvalue weighted by Crippen LogP contribution is 2.65. The zero-order chi connectivity index (χ0) is 17.1. The summed E-state index contributed by atoms with van der Waals surface area (Å²) in [5, 5.41) is 20.7. The topological polar surface area (TPSA) is 40.5 Å². The van der Waals surface area contributed by atoms with Gasteiger partial charge in [0, 0.05) is 0 Å². The van der Waals surface area contributed by atoms with Gasteiger partial charge in [0.25, 0.3) is 0 Å². The first kappa shape index (κ1) is 17.3. The van der Waals surface area contributed by atoms with E-state index in [1.54, 1.807) is 0 Å². The van der Waals surface area contributed by atoms with E-state index in [0.717, 1.165) is 24.2 Å². The number of hydrogen-bond donors (Lipinski definition) is 2. The van der Waals surface area contributed by atoms with E-state index in [9.17, 15) is 14.6 Å². The van der Waals surface area contributed by atoms with E-state index < -0.39 is 12.3 Å². The molecular weight excluding hydrogens is 303 g/mol. The molecule has 0 aliphatic heterocycles. The minimum Gasteiger partial charge on any atom is -0.393 e. The lowest BCUT2D eigenvalue weighted by molar-refractivity contribution is -0.116. The number of halogens is 1. The normalized spacial score (nSPS) is 55.4.